The molecule has 0 radical (unpaired) electrons. The van der Waals surface area contributed by atoms with Crippen LogP contribution in [0.3, 0.4) is 0 Å². The van der Waals surface area contributed by atoms with Gasteiger partial charge in [0.05, 0.1) is 22.8 Å². The van der Waals surface area contributed by atoms with Crippen LogP contribution in [-0.4, -0.2) is 37.0 Å². The Balaban J connectivity index is 1.88. The zero-order valence-corrected chi connectivity index (χ0v) is 13.3. The third-order valence-corrected chi connectivity index (χ3v) is 3.53. The molecule has 0 amide bonds. The van der Waals surface area contributed by atoms with Crippen molar-refractivity contribution in [3.8, 4) is 0 Å². The van der Waals surface area contributed by atoms with Crippen LogP contribution in [-0.2, 0) is 0 Å². The number of hydrogen-bond acceptors (Lipinski definition) is 5. The third kappa shape index (κ3) is 4.77. The molecule has 0 saturated heterocycles. The summed E-state index contributed by atoms with van der Waals surface area (Å²) in [5.74, 6) is 0.908. The van der Waals surface area contributed by atoms with E-state index in [-0.39, 0.29) is 16.7 Å². The first-order valence-electron chi connectivity index (χ1n) is 7.40. The Hall–Kier alpha value is -2.44. The second kappa shape index (κ2) is 8.26. The Morgan fingerprint density at radius 1 is 1.30 bits per heavy atom. The monoisotopic (exact) mass is 315 g/mol. The average Bonchev–Trinajstić information content (AvgIpc) is 3.04. The summed E-state index contributed by atoms with van der Waals surface area (Å²) in [6.07, 6.45) is 5.32. The van der Waals surface area contributed by atoms with E-state index in [9.17, 15) is 10.1 Å². The standard InChI is InChI=1S/C17H21N3O3/c1-19(2)16(17-10-6-12-23-17)13-18-11-5-8-14-7-3-4-9-15(14)20(21)22/h3-10,12,16,18H,11,13H2,1-2H3/b8-5+. The van der Waals surface area contributed by atoms with Gasteiger partial charge in [-0.25, -0.2) is 0 Å². The first-order chi connectivity index (χ1) is 11.1. The fraction of sp³-hybridized carbons (Fsp3) is 0.294. The smallest absolute Gasteiger partial charge is 0.276 e. The molecule has 1 aromatic heterocycles. The second-order valence-corrected chi connectivity index (χ2v) is 5.37. The Morgan fingerprint density at radius 3 is 2.74 bits per heavy atom. The van der Waals surface area contributed by atoms with Gasteiger partial charge in [0.1, 0.15) is 5.76 Å². The molecule has 0 aliphatic carbocycles. The highest BCUT2D eigenvalue weighted by Gasteiger charge is 2.15. The lowest BCUT2D eigenvalue weighted by atomic mass is 10.1. The zero-order chi connectivity index (χ0) is 16.7. The minimum absolute atomic E-state index is 0.116. The molecule has 0 aliphatic heterocycles. The average molecular weight is 315 g/mol. The number of furan rings is 1. The van der Waals surface area contributed by atoms with Crippen molar-refractivity contribution in [2.45, 2.75) is 6.04 Å². The van der Waals surface area contributed by atoms with Crippen molar-refractivity contribution >= 4 is 11.8 Å². The van der Waals surface area contributed by atoms with Crippen LogP contribution in [0.5, 0.6) is 0 Å². The summed E-state index contributed by atoms with van der Waals surface area (Å²) < 4.78 is 5.45. The van der Waals surface area contributed by atoms with Crippen molar-refractivity contribution in [3.63, 3.8) is 0 Å². The predicted molar refractivity (Wildman–Crippen MR) is 90.1 cm³/mol. The quantitative estimate of drug-likeness (QED) is 0.460. The molecule has 2 rings (SSSR count). The number of nitro groups is 1. The van der Waals surface area contributed by atoms with E-state index in [1.807, 2.05) is 32.3 Å². The van der Waals surface area contributed by atoms with E-state index in [1.54, 1.807) is 30.5 Å². The van der Waals surface area contributed by atoms with Gasteiger partial charge in [-0.2, -0.15) is 0 Å². The summed E-state index contributed by atoms with van der Waals surface area (Å²) in [7, 11) is 4.00. The molecule has 0 spiro atoms. The summed E-state index contributed by atoms with van der Waals surface area (Å²) in [5, 5.41) is 14.3. The number of hydrogen-bond donors (Lipinski definition) is 1. The zero-order valence-electron chi connectivity index (χ0n) is 13.3. The summed E-state index contributed by atoms with van der Waals surface area (Å²) in [5.41, 5.74) is 0.722. The molecular weight excluding hydrogens is 294 g/mol. The molecule has 1 unspecified atom stereocenters. The van der Waals surface area contributed by atoms with E-state index < -0.39 is 0 Å². The van der Waals surface area contributed by atoms with E-state index in [2.05, 4.69) is 10.2 Å². The second-order valence-electron chi connectivity index (χ2n) is 5.37. The van der Waals surface area contributed by atoms with Gasteiger partial charge in [-0.3, -0.25) is 15.0 Å². The fourth-order valence-electron chi connectivity index (χ4n) is 2.30. The van der Waals surface area contributed by atoms with Crippen molar-refractivity contribution in [2.24, 2.45) is 0 Å². The lowest BCUT2D eigenvalue weighted by molar-refractivity contribution is -0.385. The van der Waals surface area contributed by atoms with Crippen molar-refractivity contribution in [3.05, 3.63) is 70.2 Å². The van der Waals surface area contributed by atoms with Gasteiger partial charge in [-0.05, 0) is 32.3 Å². The highest BCUT2D eigenvalue weighted by molar-refractivity contribution is 5.60. The van der Waals surface area contributed by atoms with E-state index in [4.69, 9.17) is 4.42 Å². The van der Waals surface area contributed by atoms with E-state index >= 15 is 0 Å². The maximum Gasteiger partial charge on any atom is 0.276 e. The molecule has 0 bridgehead atoms. The summed E-state index contributed by atoms with van der Waals surface area (Å²) in [4.78, 5) is 12.7. The number of nitrogens with one attached hydrogen (secondary N) is 1. The molecule has 2 aromatic rings. The highest BCUT2D eigenvalue weighted by Crippen LogP contribution is 2.19. The lowest BCUT2D eigenvalue weighted by Crippen LogP contribution is -2.30. The van der Waals surface area contributed by atoms with Crippen LogP contribution in [0.4, 0.5) is 5.69 Å². The van der Waals surface area contributed by atoms with Crippen molar-refractivity contribution < 1.29 is 9.34 Å². The first-order valence-corrected chi connectivity index (χ1v) is 7.40. The summed E-state index contributed by atoms with van der Waals surface area (Å²) >= 11 is 0. The summed E-state index contributed by atoms with van der Waals surface area (Å²) in [6, 6.07) is 10.7. The van der Waals surface area contributed by atoms with Crippen LogP contribution in [0, 0.1) is 10.1 Å². The first kappa shape index (κ1) is 16.9. The molecule has 1 aromatic carbocycles. The molecule has 1 atom stereocenters. The van der Waals surface area contributed by atoms with Crippen LogP contribution in [0.1, 0.15) is 17.4 Å². The third-order valence-electron chi connectivity index (χ3n) is 3.53. The minimum Gasteiger partial charge on any atom is -0.468 e. The van der Waals surface area contributed by atoms with Gasteiger partial charge < -0.3 is 9.73 Å². The molecule has 23 heavy (non-hydrogen) atoms. The topological polar surface area (TPSA) is 71.5 Å². The van der Waals surface area contributed by atoms with E-state index in [0.717, 1.165) is 12.3 Å². The van der Waals surface area contributed by atoms with Crippen LogP contribution < -0.4 is 5.32 Å². The molecule has 0 saturated carbocycles. The summed E-state index contributed by atoms with van der Waals surface area (Å²) in [6.45, 7) is 1.35. The Bertz CT molecular complexity index is 651. The molecule has 1 heterocycles. The van der Waals surface area contributed by atoms with Gasteiger partial charge in [-0.15, -0.1) is 0 Å². The minimum atomic E-state index is -0.369. The van der Waals surface area contributed by atoms with Gasteiger partial charge in [0.2, 0.25) is 0 Å². The highest BCUT2D eigenvalue weighted by atomic mass is 16.6. The van der Waals surface area contributed by atoms with Gasteiger partial charge in [0, 0.05) is 19.2 Å². The number of nitrogens with zero attached hydrogens (tertiary/aromatic N) is 2. The largest absolute Gasteiger partial charge is 0.468 e. The van der Waals surface area contributed by atoms with Gasteiger partial charge >= 0.3 is 0 Å². The maximum absolute atomic E-state index is 10.9. The SMILES string of the molecule is CN(C)C(CNC/C=C/c1ccccc1[N+](=O)[O-])c1ccco1. The molecule has 1 N–H and O–H groups in total. The number of nitro benzene ring substituents is 1. The van der Waals surface area contributed by atoms with Gasteiger partial charge in [-0.1, -0.05) is 24.3 Å². The number of likely N-dealkylation sites (N-methyl/N-ethyl adjacent to an activating group) is 1. The Morgan fingerprint density at radius 2 is 2.09 bits per heavy atom. The normalized spacial score (nSPS) is 12.8. The van der Waals surface area contributed by atoms with E-state index in [1.165, 1.54) is 6.07 Å². The molecular formula is C17H21N3O3. The van der Waals surface area contributed by atoms with E-state index in [0.29, 0.717) is 12.1 Å². The fourth-order valence-corrected chi connectivity index (χ4v) is 2.30. The maximum atomic E-state index is 10.9. The molecule has 122 valence electrons. The van der Waals surface area contributed by atoms with Gasteiger partial charge in [0.15, 0.2) is 0 Å². The Kier molecular flexibility index (Phi) is 6.08. The lowest BCUT2D eigenvalue weighted by Gasteiger charge is -2.22. The van der Waals surface area contributed by atoms with Gasteiger partial charge in [0.25, 0.3) is 5.69 Å². The van der Waals surface area contributed by atoms with Crippen LogP contribution in [0.15, 0.2) is 53.2 Å². The van der Waals surface area contributed by atoms with Crippen molar-refractivity contribution in [2.75, 3.05) is 27.2 Å². The molecule has 6 heteroatoms. The van der Waals surface area contributed by atoms with Crippen LogP contribution in [0.25, 0.3) is 6.08 Å². The van der Waals surface area contributed by atoms with Crippen molar-refractivity contribution in [1.29, 1.82) is 0 Å². The molecule has 0 aliphatic rings. The molecule has 0 fully saturated rings. The Labute approximate surface area is 135 Å². The van der Waals surface area contributed by atoms with Crippen molar-refractivity contribution in [1.82, 2.24) is 10.2 Å². The number of para-hydroxylation sites is 1. The number of rotatable bonds is 8. The van der Waals surface area contributed by atoms with Crippen LogP contribution >= 0.6 is 0 Å². The predicted octanol–water partition coefficient (Wildman–Crippen LogP) is 3.09. The molecule has 6 nitrogen and oxygen atoms in total. The number of benzene rings is 1. The van der Waals surface area contributed by atoms with Crippen LogP contribution in [0.2, 0.25) is 0 Å².